The molecule has 6 aromatic heterocycles. The van der Waals surface area contributed by atoms with E-state index >= 15 is 0 Å². The van der Waals surface area contributed by atoms with Gasteiger partial charge < -0.3 is 4.57 Å². The van der Waals surface area contributed by atoms with Crippen molar-refractivity contribution in [1.29, 1.82) is 0 Å². The number of benzene rings is 17. The summed E-state index contributed by atoms with van der Waals surface area (Å²) in [7, 11) is 0. The van der Waals surface area contributed by atoms with Crippen LogP contribution in [0.15, 0.2) is 425 Å². The first-order chi connectivity index (χ1) is 65.4. The van der Waals surface area contributed by atoms with E-state index in [2.05, 4.69) is 276 Å². The summed E-state index contributed by atoms with van der Waals surface area (Å²) in [5, 5.41) is 4.78. The van der Waals surface area contributed by atoms with Crippen molar-refractivity contribution >= 4 is 43.6 Å². The van der Waals surface area contributed by atoms with E-state index in [0.717, 1.165) is 88.7 Å². The Balaban J connectivity index is 0.000000139. The lowest BCUT2D eigenvalue weighted by molar-refractivity contribution is 0.754. The largest absolute Gasteiger partial charge is 0.309 e. The molecule has 23 aromatic rings. The fourth-order valence-corrected chi connectivity index (χ4v) is 20.6. The minimum absolute atomic E-state index is 0.0200. The maximum Gasteiger partial charge on any atom is 0.238 e. The highest BCUT2D eigenvalue weighted by atomic mass is 15.2. The molecule has 0 spiro atoms. The van der Waals surface area contributed by atoms with E-state index in [1.807, 2.05) is 158 Å². The first-order valence-electron chi connectivity index (χ1n) is 44.6. The van der Waals surface area contributed by atoms with Crippen LogP contribution in [-0.2, 0) is 0 Å². The molecule has 14 nitrogen and oxygen atoms in total. The second kappa shape index (κ2) is 31.2. The maximum atomic E-state index is 5.30. The molecule has 0 aliphatic heterocycles. The molecule has 6 aliphatic rings. The normalized spacial score (nSPS) is 14.5. The predicted molar refractivity (Wildman–Crippen MR) is 524 cm³/mol. The molecule has 4 atom stereocenters. The van der Waals surface area contributed by atoms with Crippen LogP contribution < -0.4 is 0 Å². The molecule has 0 amide bonds. The molecule has 6 heterocycles. The van der Waals surface area contributed by atoms with Gasteiger partial charge in [-0.25, -0.2) is 49.8 Å². The van der Waals surface area contributed by atoms with E-state index in [1.54, 1.807) is 0 Å². The molecular formula is C118H74N14. The van der Waals surface area contributed by atoms with Crippen molar-refractivity contribution in [3.05, 3.63) is 491 Å². The van der Waals surface area contributed by atoms with Gasteiger partial charge in [-0.3, -0.25) is 4.57 Å². The fourth-order valence-electron chi connectivity index (χ4n) is 20.6. The van der Waals surface area contributed by atoms with Gasteiger partial charge in [0, 0.05) is 112 Å². The minimum atomic E-state index is 0.0200. The first-order valence-corrected chi connectivity index (χ1v) is 44.6. The molecule has 616 valence electrons. The molecule has 0 fully saturated rings. The van der Waals surface area contributed by atoms with Gasteiger partial charge >= 0.3 is 0 Å². The Kier molecular flexibility index (Phi) is 17.9. The van der Waals surface area contributed by atoms with Gasteiger partial charge in [-0.05, 0) is 140 Å². The van der Waals surface area contributed by atoms with Crippen LogP contribution in [0.25, 0.3) is 181 Å². The van der Waals surface area contributed by atoms with Crippen molar-refractivity contribution in [3.8, 4) is 137 Å². The minimum Gasteiger partial charge on any atom is -0.309 e. The number of hydrogen-bond acceptors (Lipinski definition) is 12. The molecule has 29 rings (SSSR count). The zero-order valence-electron chi connectivity index (χ0n) is 71.0. The lowest BCUT2D eigenvalue weighted by atomic mass is 9.61. The van der Waals surface area contributed by atoms with Crippen molar-refractivity contribution in [2.24, 2.45) is 0 Å². The Hall–Kier alpha value is -17.6. The Labute approximate surface area is 759 Å². The topological polar surface area (TPSA) is 165 Å². The van der Waals surface area contributed by atoms with Crippen molar-refractivity contribution in [2.45, 2.75) is 23.7 Å². The van der Waals surface area contributed by atoms with Crippen molar-refractivity contribution in [2.75, 3.05) is 0 Å². The highest BCUT2D eigenvalue weighted by Gasteiger charge is 2.44. The van der Waals surface area contributed by atoms with Crippen molar-refractivity contribution in [3.63, 3.8) is 0 Å². The Morgan fingerprint density at radius 1 is 0.136 bits per heavy atom. The molecule has 0 saturated carbocycles. The third-order valence-electron chi connectivity index (χ3n) is 26.6. The van der Waals surface area contributed by atoms with Crippen LogP contribution in [0.1, 0.15) is 90.4 Å². The summed E-state index contributed by atoms with van der Waals surface area (Å²) in [6.07, 6.45) is 0. The standard InChI is InChI=1S/C62H39N7.C56H35N7/c1-4-16-38(17-5-1)57-63-58(39-18-6-2-7-19-39)66-61(65-57)42-30-34-49-51(36-42)55-47-24-10-11-25-48(47)56(49)52-37-43(31-35-50(52)55)62-67-59(40-20-8-3-9-21-40)64-60(68-62)41-28-32-44(33-29-41)69-53-26-14-12-22-45(53)46-23-13-15-27-54(46)69;1-4-16-34(17-5-1)51-57-52(35-18-6-2-7-19-35)59-54(58-51)37-28-30-43-45(32-37)49-41-24-10-11-25-42(41)50(43)46-33-38(29-31-44(46)49)55-60-53(36-20-8-3-9-21-36)61-56(62-55)63-47-26-14-12-22-39(47)40-23-13-15-27-48(40)63/h1-37,55-56H;1-33,49-50H. The van der Waals surface area contributed by atoms with Crippen molar-refractivity contribution in [1.82, 2.24) is 68.9 Å². The van der Waals surface area contributed by atoms with Gasteiger partial charge in [0.1, 0.15) is 0 Å². The lowest BCUT2D eigenvalue weighted by Gasteiger charge is -2.42. The first kappa shape index (κ1) is 75.7. The zero-order chi connectivity index (χ0) is 86.9. The van der Waals surface area contributed by atoms with Gasteiger partial charge in [0.2, 0.25) is 5.95 Å². The zero-order valence-corrected chi connectivity index (χ0v) is 71.0. The second-order valence-corrected chi connectivity index (χ2v) is 34.0. The van der Waals surface area contributed by atoms with Crippen LogP contribution in [0, 0.1) is 0 Å². The number of para-hydroxylation sites is 4. The molecule has 0 radical (unpaired) electrons. The van der Waals surface area contributed by atoms with E-state index in [9.17, 15) is 0 Å². The molecule has 0 N–H and O–H groups in total. The monoisotopic (exact) mass is 1690 g/mol. The van der Waals surface area contributed by atoms with Crippen molar-refractivity contribution < 1.29 is 0 Å². The summed E-state index contributed by atoms with van der Waals surface area (Å²) < 4.78 is 4.50. The molecule has 4 unspecified atom stereocenters. The average molecular weight is 1690 g/mol. The molecule has 0 saturated heterocycles. The van der Waals surface area contributed by atoms with Crippen LogP contribution in [0.3, 0.4) is 0 Å². The highest BCUT2D eigenvalue weighted by molar-refractivity contribution is 6.10. The van der Waals surface area contributed by atoms with Gasteiger partial charge in [-0.15, -0.1) is 0 Å². The van der Waals surface area contributed by atoms with Gasteiger partial charge in [0.05, 0.1) is 22.1 Å². The van der Waals surface area contributed by atoms with E-state index in [0.29, 0.717) is 70.0 Å². The van der Waals surface area contributed by atoms with Crippen LogP contribution >= 0.6 is 0 Å². The van der Waals surface area contributed by atoms with Crippen LogP contribution in [0.5, 0.6) is 0 Å². The lowest BCUT2D eigenvalue weighted by Crippen LogP contribution is -2.27. The van der Waals surface area contributed by atoms with Gasteiger partial charge in [0.15, 0.2) is 64.1 Å². The van der Waals surface area contributed by atoms with Crippen LogP contribution in [0.4, 0.5) is 0 Å². The molecule has 4 bridgehead atoms. The number of fused-ring (bicyclic) bond motifs is 6. The fraction of sp³-hybridized carbons (Fsp3) is 0.0339. The molecular weight excluding hydrogens is 1610 g/mol. The van der Waals surface area contributed by atoms with Gasteiger partial charge in [0.25, 0.3) is 0 Å². The van der Waals surface area contributed by atoms with E-state index in [1.165, 1.54) is 88.6 Å². The third kappa shape index (κ3) is 12.8. The summed E-state index contributed by atoms with van der Waals surface area (Å²) >= 11 is 0. The molecule has 17 aromatic carbocycles. The summed E-state index contributed by atoms with van der Waals surface area (Å²) in [6, 6.07) is 149. The average Bonchev–Trinajstić information content (AvgIpc) is 0.899. The van der Waals surface area contributed by atoms with Gasteiger partial charge in [-0.2, -0.15) is 9.97 Å². The Morgan fingerprint density at radius 3 is 0.576 bits per heavy atom. The number of rotatable bonds is 13. The number of hydrogen-bond donors (Lipinski definition) is 0. The summed E-state index contributed by atoms with van der Waals surface area (Å²) in [4.78, 5) is 61.5. The second-order valence-electron chi connectivity index (χ2n) is 34.0. The van der Waals surface area contributed by atoms with Crippen LogP contribution in [-0.4, -0.2) is 68.9 Å². The quantitative estimate of drug-likeness (QED) is 0.107. The van der Waals surface area contributed by atoms with Crippen LogP contribution in [0.2, 0.25) is 0 Å². The molecule has 14 heteroatoms. The summed E-state index contributed by atoms with van der Waals surface area (Å²) in [6.45, 7) is 0. The molecule has 132 heavy (non-hydrogen) atoms. The predicted octanol–water partition coefficient (Wildman–Crippen LogP) is 26.6. The smallest absolute Gasteiger partial charge is 0.238 e. The summed E-state index contributed by atoms with van der Waals surface area (Å²) in [5.41, 5.74) is 31.5. The van der Waals surface area contributed by atoms with Gasteiger partial charge in [-0.1, -0.05) is 352 Å². The summed E-state index contributed by atoms with van der Waals surface area (Å²) in [5.74, 6) is 7.73. The van der Waals surface area contributed by atoms with E-state index in [4.69, 9.17) is 59.8 Å². The third-order valence-corrected chi connectivity index (χ3v) is 26.6. The highest BCUT2D eigenvalue weighted by Crippen LogP contribution is 2.59. The Bertz CT molecular complexity index is 8320. The molecule has 6 aliphatic carbocycles. The Morgan fingerprint density at radius 2 is 0.318 bits per heavy atom. The number of nitrogens with zero attached hydrogens (tertiary/aromatic N) is 14. The maximum absolute atomic E-state index is 5.30. The van der Waals surface area contributed by atoms with E-state index in [-0.39, 0.29) is 23.7 Å². The van der Waals surface area contributed by atoms with E-state index < -0.39 is 0 Å². The SMILES string of the molecule is c1ccc(-c2nc(-c3ccccc3)nc(-c3ccc4c(c3)C3c5ccccc5C4c4cc(-c5nc(-c6ccccc6)nc(-c6ccc(-n7c8ccccc8c8ccccc87)cc6)n5)ccc43)n2)cc1.c1ccc(-c2nc(-c3ccccc3)nc(-c3ccc4c(c3)C3c5ccccc5C4c4cc(-c5nc(-c6ccccc6)nc(-n6c7ccccc7c7ccccc76)n5)ccc43)n2)cc1. The number of aromatic nitrogens is 14.